The van der Waals surface area contributed by atoms with E-state index in [9.17, 15) is 0 Å². The molecule has 0 aliphatic rings. The van der Waals surface area contributed by atoms with Crippen LogP contribution in [0.5, 0.6) is 0 Å². The summed E-state index contributed by atoms with van der Waals surface area (Å²) in [6.07, 6.45) is 8.77. The van der Waals surface area contributed by atoms with Crippen molar-refractivity contribution < 1.29 is 0 Å². The highest BCUT2D eigenvalue weighted by Gasteiger charge is 2.09. The minimum Gasteiger partial charge on any atom is -0.233 e. The molecule has 0 radical (unpaired) electrons. The Morgan fingerprint density at radius 2 is 1.89 bits per heavy atom. The van der Waals surface area contributed by atoms with Gasteiger partial charge in [0.15, 0.2) is 5.65 Å². The fourth-order valence-electron chi connectivity index (χ4n) is 2.08. The second kappa shape index (κ2) is 6.32. The molecule has 0 aromatic carbocycles. The Bertz CT molecular complexity index is 519. The fourth-order valence-corrected chi connectivity index (χ4v) is 2.42. The van der Waals surface area contributed by atoms with Crippen LogP contribution in [0.2, 0.25) is 0 Å². The topological polar surface area (TPSA) is 30.2 Å². The van der Waals surface area contributed by atoms with E-state index in [1.54, 1.807) is 0 Å². The van der Waals surface area contributed by atoms with Gasteiger partial charge >= 0.3 is 0 Å². The van der Waals surface area contributed by atoms with Gasteiger partial charge in [-0.3, -0.25) is 0 Å². The first-order valence-corrected chi connectivity index (χ1v) is 7.57. The van der Waals surface area contributed by atoms with Crippen molar-refractivity contribution in [3.05, 3.63) is 28.1 Å². The predicted octanol–water partition coefficient (Wildman–Crippen LogP) is 4.18. The number of hydrogen-bond donors (Lipinski definition) is 0. The molecule has 0 bridgehead atoms. The highest BCUT2D eigenvalue weighted by Crippen LogP contribution is 2.19. The van der Waals surface area contributed by atoms with Crippen LogP contribution in [0.15, 0.2) is 16.7 Å². The van der Waals surface area contributed by atoms with Gasteiger partial charge in [0.2, 0.25) is 0 Å². The summed E-state index contributed by atoms with van der Waals surface area (Å²) in [5.41, 5.74) is 3.42. The number of aryl methyl sites for hydroxylation is 2. The van der Waals surface area contributed by atoms with E-state index < -0.39 is 0 Å². The maximum atomic E-state index is 4.69. The predicted molar refractivity (Wildman–Crippen MR) is 77.9 cm³/mol. The molecule has 0 saturated heterocycles. The fraction of sp³-hybridized carbons (Fsp3) is 0.571. The van der Waals surface area contributed by atoms with Gasteiger partial charge in [0.25, 0.3) is 0 Å². The van der Waals surface area contributed by atoms with Crippen molar-refractivity contribution in [2.24, 2.45) is 0 Å². The van der Waals surface area contributed by atoms with Crippen molar-refractivity contribution in [1.82, 2.24) is 14.6 Å². The molecule has 0 atom stereocenters. The number of hydrogen-bond acceptors (Lipinski definition) is 2. The summed E-state index contributed by atoms with van der Waals surface area (Å²) in [7, 11) is 0. The largest absolute Gasteiger partial charge is 0.233 e. The highest BCUT2D eigenvalue weighted by molar-refractivity contribution is 9.10. The Balaban J connectivity index is 2.38. The molecule has 98 valence electrons. The van der Waals surface area contributed by atoms with Gasteiger partial charge in [-0.1, -0.05) is 26.7 Å². The van der Waals surface area contributed by atoms with Crippen LogP contribution in [-0.4, -0.2) is 14.6 Å². The molecule has 0 spiro atoms. The van der Waals surface area contributed by atoms with Gasteiger partial charge in [0.05, 0.1) is 10.7 Å². The Hall–Kier alpha value is -0.900. The van der Waals surface area contributed by atoms with E-state index in [1.165, 1.54) is 37.1 Å². The standard InChI is InChI=1S/C14H20BrN3/c1-3-5-7-11-9-12(8-6-4-2)18-14(17-11)13(15)10-16-18/h9-10H,3-8H2,1-2H3. The average Bonchev–Trinajstić information content (AvgIpc) is 2.75. The third-order valence-electron chi connectivity index (χ3n) is 3.13. The molecular formula is C14H20BrN3. The second-order valence-corrected chi connectivity index (χ2v) is 5.53. The van der Waals surface area contributed by atoms with Crippen molar-refractivity contribution in [1.29, 1.82) is 0 Å². The number of unbranched alkanes of at least 4 members (excludes halogenated alkanes) is 2. The highest BCUT2D eigenvalue weighted by atomic mass is 79.9. The lowest BCUT2D eigenvalue weighted by atomic mass is 10.1. The van der Waals surface area contributed by atoms with Gasteiger partial charge in [-0.2, -0.15) is 5.10 Å². The van der Waals surface area contributed by atoms with E-state index in [1.807, 2.05) is 10.7 Å². The molecule has 0 aliphatic carbocycles. The molecule has 2 aromatic rings. The Kier molecular flexibility index (Phi) is 4.75. The lowest BCUT2D eigenvalue weighted by Gasteiger charge is -2.07. The number of rotatable bonds is 6. The second-order valence-electron chi connectivity index (χ2n) is 4.67. The summed E-state index contributed by atoms with van der Waals surface area (Å²) in [4.78, 5) is 4.69. The van der Waals surface area contributed by atoms with Crippen molar-refractivity contribution in [3.8, 4) is 0 Å². The molecular weight excluding hydrogens is 290 g/mol. The third kappa shape index (κ3) is 2.91. The number of aromatic nitrogens is 3. The van der Waals surface area contributed by atoms with E-state index in [0.717, 1.165) is 23.0 Å². The molecule has 18 heavy (non-hydrogen) atoms. The number of halogens is 1. The van der Waals surface area contributed by atoms with Crippen LogP contribution in [-0.2, 0) is 12.8 Å². The summed E-state index contributed by atoms with van der Waals surface area (Å²) in [5, 5.41) is 4.40. The maximum Gasteiger partial charge on any atom is 0.169 e. The first-order valence-electron chi connectivity index (χ1n) is 6.78. The van der Waals surface area contributed by atoms with Crippen LogP contribution in [0.25, 0.3) is 5.65 Å². The molecule has 0 unspecified atom stereocenters. The Morgan fingerprint density at radius 1 is 1.17 bits per heavy atom. The number of fused-ring (bicyclic) bond motifs is 1. The average molecular weight is 310 g/mol. The SMILES string of the molecule is CCCCc1cc(CCCC)n2ncc(Br)c2n1. The summed E-state index contributed by atoms with van der Waals surface area (Å²) in [6, 6.07) is 2.22. The quantitative estimate of drug-likeness (QED) is 0.801. The first-order chi connectivity index (χ1) is 8.76. The van der Waals surface area contributed by atoms with Crippen molar-refractivity contribution >= 4 is 21.6 Å². The van der Waals surface area contributed by atoms with E-state index in [-0.39, 0.29) is 0 Å². The normalized spacial score (nSPS) is 11.3. The Labute approximate surface area is 117 Å². The van der Waals surface area contributed by atoms with Crippen LogP contribution in [0, 0.1) is 0 Å². The lowest BCUT2D eigenvalue weighted by Crippen LogP contribution is -2.04. The molecule has 0 amide bonds. The molecule has 0 saturated carbocycles. The van der Waals surface area contributed by atoms with Crippen molar-refractivity contribution in [2.75, 3.05) is 0 Å². The molecule has 0 N–H and O–H groups in total. The van der Waals surface area contributed by atoms with Crippen LogP contribution in [0.3, 0.4) is 0 Å². The molecule has 2 heterocycles. The van der Waals surface area contributed by atoms with Crippen molar-refractivity contribution in [3.63, 3.8) is 0 Å². The summed E-state index contributed by atoms with van der Waals surface area (Å²) < 4.78 is 2.95. The molecule has 4 heteroatoms. The monoisotopic (exact) mass is 309 g/mol. The molecule has 0 fully saturated rings. The van der Waals surface area contributed by atoms with E-state index >= 15 is 0 Å². The van der Waals surface area contributed by atoms with E-state index in [0.29, 0.717) is 0 Å². The van der Waals surface area contributed by atoms with Crippen LogP contribution >= 0.6 is 15.9 Å². The summed E-state index contributed by atoms with van der Waals surface area (Å²) in [6.45, 7) is 4.43. The van der Waals surface area contributed by atoms with Gasteiger partial charge in [-0.05, 0) is 47.7 Å². The minimum absolute atomic E-state index is 0.953. The zero-order chi connectivity index (χ0) is 13.0. The number of nitrogens with zero attached hydrogens (tertiary/aromatic N) is 3. The van der Waals surface area contributed by atoms with Gasteiger partial charge in [-0.15, -0.1) is 0 Å². The van der Waals surface area contributed by atoms with Gasteiger partial charge < -0.3 is 0 Å². The van der Waals surface area contributed by atoms with Crippen LogP contribution in [0.4, 0.5) is 0 Å². The van der Waals surface area contributed by atoms with Gasteiger partial charge in [-0.25, -0.2) is 9.50 Å². The zero-order valence-corrected chi connectivity index (χ0v) is 12.7. The van der Waals surface area contributed by atoms with Gasteiger partial charge in [0, 0.05) is 11.4 Å². The van der Waals surface area contributed by atoms with E-state index in [2.05, 4.69) is 40.9 Å². The molecule has 3 nitrogen and oxygen atoms in total. The Morgan fingerprint density at radius 3 is 2.61 bits per heavy atom. The van der Waals surface area contributed by atoms with Gasteiger partial charge in [0.1, 0.15) is 0 Å². The summed E-state index contributed by atoms with van der Waals surface area (Å²) in [5.74, 6) is 0. The van der Waals surface area contributed by atoms with E-state index in [4.69, 9.17) is 4.98 Å². The van der Waals surface area contributed by atoms with Crippen LogP contribution in [0.1, 0.15) is 50.9 Å². The summed E-state index contributed by atoms with van der Waals surface area (Å²) >= 11 is 3.53. The first kappa shape index (κ1) is 13.5. The molecule has 2 rings (SSSR count). The molecule has 0 aliphatic heterocycles. The maximum absolute atomic E-state index is 4.69. The zero-order valence-electron chi connectivity index (χ0n) is 11.1. The van der Waals surface area contributed by atoms with Crippen LogP contribution < -0.4 is 0 Å². The lowest BCUT2D eigenvalue weighted by molar-refractivity contribution is 0.722. The third-order valence-corrected chi connectivity index (χ3v) is 3.69. The smallest absolute Gasteiger partial charge is 0.169 e. The molecule has 2 aromatic heterocycles. The van der Waals surface area contributed by atoms with Crippen molar-refractivity contribution in [2.45, 2.75) is 52.4 Å². The minimum atomic E-state index is 0.953.